The maximum absolute atomic E-state index is 13.8. The molecule has 0 N–H and O–H groups in total. The first-order chi connectivity index (χ1) is 8.99. The molecule has 98 valence electrons. The number of halogens is 3. The standard InChI is InChI=1S/C14H9Cl2FO2/c1-8(18)10-3-2-4-12(17)14(10)19-13-6-5-9(15)7-11(13)16/h2-7H,1H3. The van der Waals surface area contributed by atoms with Crippen LogP contribution in [0.5, 0.6) is 11.5 Å². The van der Waals surface area contributed by atoms with Crippen LogP contribution in [-0.4, -0.2) is 5.78 Å². The van der Waals surface area contributed by atoms with Gasteiger partial charge < -0.3 is 4.74 Å². The lowest BCUT2D eigenvalue weighted by molar-refractivity contribution is 0.101. The fraction of sp³-hybridized carbons (Fsp3) is 0.0714. The van der Waals surface area contributed by atoms with Gasteiger partial charge in [-0.15, -0.1) is 0 Å². The molecule has 2 aromatic carbocycles. The lowest BCUT2D eigenvalue weighted by atomic mass is 10.1. The van der Waals surface area contributed by atoms with E-state index in [0.29, 0.717) is 5.02 Å². The molecule has 0 amide bonds. The third kappa shape index (κ3) is 3.06. The fourth-order valence-electron chi connectivity index (χ4n) is 1.56. The minimum absolute atomic E-state index is 0.140. The molecule has 0 fully saturated rings. The van der Waals surface area contributed by atoms with Gasteiger partial charge in [-0.25, -0.2) is 4.39 Å². The second kappa shape index (κ2) is 5.59. The van der Waals surface area contributed by atoms with E-state index in [0.717, 1.165) is 0 Å². The first kappa shape index (κ1) is 13.8. The fourth-order valence-corrected chi connectivity index (χ4v) is 2.00. The van der Waals surface area contributed by atoms with Crippen molar-refractivity contribution in [1.82, 2.24) is 0 Å². The highest BCUT2D eigenvalue weighted by atomic mass is 35.5. The molecule has 0 atom stereocenters. The summed E-state index contributed by atoms with van der Waals surface area (Å²) in [5, 5.41) is 0.683. The highest BCUT2D eigenvalue weighted by molar-refractivity contribution is 6.35. The van der Waals surface area contributed by atoms with Crippen LogP contribution in [0.1, 0.15) is 17.3 Å². The van der Waals surface area contributed by atoms with Crippen LogP contribution in [0.2, 0.25) is 10.0 Å². The van der Waals surface area contributed by atoms with E-state index >= 15 is 0 Å². The summed E-state index contributed by atoms with van der Waals surface area (Å²) in [5.74, 6) is -0.823. The number of hydrogen-bond donors (Lipinski definition) is 0. The molecule has 2 aromatic rings. The van der Waals surface area contributed by atoms with Crippen LogP contribution in [0.3, 0.4) is 0 Å². The van der Waals surface area contributed by atoms with Crippen molar-refractivity contribution in [2.24, 2.45) is 0 Å². The van der Waals surface area contributed by atoms with Gasteiger partial charge in [0.05, 0.1) is 10.6 Å². The van der Waals surface area contributed by atoms with E-state index in [1.807, 2.05) is 0 Å². The van der Waals surface area contributed by atoms with Gasteiger partial charge in [0.2, 0.25) is 0 Å². The molecule has 0 aromatic heterocycles. The van der Waals surface area contributed by atoms with Crippen LogP contribution in [0.15, 0.2) is 36.4 Å². The molecule has 0 aliphatic carbocycles. The minimum Gasteiger partial charge on any atom is -0.452 e. The number of benzene rings is 2. The van der Waals surface area contributed by atoms with Crippen molar-refractivity contribution in [3.8, 4) is 11.5 Å². The number of hydrogen-bond acceptors (Lipinski definition) is 2. The molecular formula is C14H9Cl2FO2. The molecule has 5 heteroatoms. The van der Waals surface area contributed by atoms with Crippen LogP contribution < -0.4 is 4.74 Å². The average molecular weight is 299 g/mol. The summed E-state index contributed by atoms with van der Waals surface area (Å²) < 4.78 is 19.2. The Bertz CT molecular complexity index is 641. The molecule has 0 spiro atoms. The zero-order valence-electron chi connectivity index (χ0n) is 9.91. The van der Waals surface area contributed by atoms with Crippen molar-refractivity contribution in [1.29, 1.82) is 0 Å². The summed E-state index contributed by atoms with van der Waals surface area (Å²) in [4.78, 5) is 11.4. The van der Waals surface area contributed by atoms with Crippen molar-refractivity contribution >= 4 is 29.0 Å². The quantitative estimate of drug-likeness (QED) is 0.735. The number of Topliss-reactive ketones (excluding diaryl/α,β-unsaturated/α-hetero) is 1. The number of para-hydroxylation sites is 1. The summed E-state index contributed by atoms with van der Waals surface area (Å²) >= 11 is 11.7. The Balaban J connectivity index is 2.46. The van der Waals surface area contributed by atoms with Gasteiger partial charge in [-0.2, -0.15) is 0 Å². The Morgan fingerprint density at radius 1 is 1.21 bits per heavy atom. The summed E-state index contributed by atoms with van der Waals surface area (Å²) in [5.41, 5.74) is 0.158. The maximum Gasteiger partial charge on any atom is 0.173 e. The Labute approximate surface area is 119 Å². The largest absolute Gasteiger partial charge is 0.452 e. The number of rotatable bonds is 3. The summed E-state index contributed by atoms with van der Waals surface area (Å²) in [6.45, 7) is 1.34. The van der Waals surface area contributed by atoms with Gasteiger partial charge in [0.25, 0.3) is 0 Å². The zero-order valence-corrected chi connectivity index (χ0v) is 11.4. The molecular weight excluding hydrogens is 290 g/mol. The Morgan fingerprint density at radius 2 is 1.95 bits per heavy atom. The maximum atomic E-state index is 13.8. The van der Waals surface area contributed by atoms with Crippen molar-refractivity contribution in [2.45, 2.75) is 6.92 Å². The molecule has 0 aliphatic heterocycles. The lowest BCUT2D eigenvalue weighted by Gasteiger charge is -2.11. The van der Waals surface area contributed by atoms with Gasteiger partial charge in [0, 0.05) is 5.02 Å². The van der Waals surface area contributed by atoms with E-state index in [4.69, 9.17) is 27.9 Å². The zero-order chi connectivity index (χ0) is 14.0. The van der Waals surface area contributed by atoms with E-state index in [1.54, 1.807) is 6.07 Å². The third-order valence-corrected chi connectivity index (χ3v) is 2.98. The summed E-state index contributed by atoms with van der Waals surface area (Å²) in [7, 11) is 0. The highest BCUT2D eigenvalue weighted by Crippen LogP contribution is 2.34. The van der Waals surface area contributed by atoms with Gasteiger partial charge in [-0.3, -0.25) is 4.79 Å². The normalized spacial score (nSPS) is 10.3. The molecule has 0 heterocycles. The lowest BCUT2D eigenvalue weighted by Crippen LogP contribution is -1.99. The predicted molar refractivity (Wildman–Crippen MR) is 72.9 cm³/mol. The average Bonchev–Trinajstić information content (AvgIpc) is 2.34. The van der Waals surface area contributed by atoms with E-state index < -0.39 is 5.82 Å². The number of carbonyl (C=O) groups excluding carboxylic acids is 1. The molecule has 0 aliphatic rings. The van der Waals surface area contributed by atoms with E-state index in [-0.39, 0.29) is 27.9 Å². The first-order valence-corrected chi connectivity index (χ1v) is 6.17. The minimum atomic E-state index is -0.626. The van der Waals surface area contributed by atoms with Crippen LogP contribution in [-0.2, 0) is 0 Å². The SMILES string of the molecule is CC(=O)c1cccc(F)c1Oc1ccc(Cl)cc1Cl. The van der Waals surface area contributed by atoms with Crippen LogP contribution in [0, 0.1) is 5.82 Å². The monoisotopic (exact) mass is 298 g/mol. The van der Waals surface area contributed by atoms with Gasteiger partial charge in [0.15, 0.2) is 17.3 Å². The van der Waals surface area contributed by atoms with Gasteiger partial charge in [-0.05, 0) is 37.3 Å². The Morgan fingerprint density at radius 3 is 2.58 bits per heavy atom. The van der Waals surface area contributed by atoms with Crippen molar-refractivity contribution in [3.05, 3.63) is 57.8 Å². The van der Waals surface area contributed by atoms with E-state index in [2.05, 4.69) is 0 Å². The second-order valence-corrected chi connectivity index (χ2v) is 4.69. The smallest absolute Gasteiger partial charge is 0.173 e. The molecule has 0 radical (unpaired) electrons. The Kier molecular flexibility index (Phi) is 4.08. The number of ketones is 1. The van der Waals surface area contributed by atoms with Crippen LogP contribution in [0.4, 0.5) is 4.39 Å². The summed E-state index contributed by atoms with van der Waals surface area (Å²) in [6, 6.07) is 8.71. The molecule has 0 unspecified atom stereocenters. The van der Waals surface area contributed by atoms with Gasteiger partial charge in [0.1, 0.15) is 5.75 Å². The number of ether oxygens (including phenoxy) is 1. The van der Waals surface area contributed by atoms with E-state index in [9.17, 15) is 9.18 Å². The van der Waals surface area contributed by atoms with Crippen molar-refractivity contribution in [3.63, 3.8) is 0 Å². The topological polar surface area (TPSA) is 26.3 Å². The van der Waals surface area contributed by atoms with Crippen molar-refractivity contribution in [2.75, 3.05) is 0 Å². The second-order valence-electron chi connectivity index (χ2n) is 3.85. The highest BCUT2D eigenvalue weighted by Gasteiger charge is 2.15. The molecule has 0 saturated carbocycles. The van der Waals surface area contributed by atoms with E-state index in [1.165, 1.54) is 37.3 Å². The molecule has 0 bridgehead atoms. The number of carbonyl (C=O) groups is 1. The Hall–Kier alpha value is -1.58. The van der Waals surface area contributed by atoms with Crippen LogP contribution in [0.25, 0.3) is 0 Å². The molecule has 0 saturated heterocycles. The third-order valence-electron chi connectivity index (χ3n) is 2.45. The van der Waals surface area contributed by atoms with Gasteiger partial charge >= 0.3 is 0 Å². The van der Waals surface area contributed by atoms with Crippen LogP contribution >= 0.6 is 23.2 Å². The van der Waals surface area contributed by atoms with Crippen molar-refractivity contribution < 1.29 is 13.9 Å². The first-order valence-electron chi connectivity index (χ1n) is 5.41. The summed E-state index contributed by atoms with van der Waals surface area (Å²) in [6.07, 6.45) is 0. The predicted octanol–water partition coefficient (Wildman–Crippen LogP) is 5.13. The van der Waals surface area contributed by atoms with Gasteiger partial charge in [-0.1, -0.05) is 29.3 Å². The molecule has 2 nitrogen and oxygen atoms in total. The molecule has 2 rings (SSSR count). The molecule has 19 heavy (non-hydrogen) atoms.